The van der Waals surface area contributed by atoms with Gasteiger partial charge in [-0.3, -0.25) is 10.5 Å². The van der Waals surface area contributed by atoms with Crippen molar-refractivity contribution in [2.75, 3.05) is 0 Å². The Morgan fingerprint density at radius 1 is 0.600 bits per heavy atom. The second kappa shape index (κ2) is 30.0. The first-order valence-electron chi connectivity index (χ1n) is 0.200. The van der Waals surface area contributed by atoms with E-state index in [0.717, 1.165) is 0 Å². The molecule has 0 rings (SSSR count). The summed E-state index contributed by atoms with van der Waals surface area (Å²) in [7, 11) is 0. The van der Waals surface area contributed by atoms with Gasteiger partial charge in [-0.05, 0) is 0 Å². The summed E-state index contributed by atoms with van der Waals surface area (Å²) in [5.41, 5.74) is 0. The molecule has 0 saturated carbocycles. The summed E-state index contributed by atoms with van der Waals surface area (Å²) in [6, 6.07) is 0. The van der Waals surface area contributed by atoms with Crippen molar-refractivity contribution < 1.29 is 10.5 Å². The summed E-state index contributed by atoms with van der Waals surface area (Å²) in [6.45, 7) is 0. The van der Waals surface area contributed by atoms with Crippen molar-refractivity contribution in [3.8, 4) is 0 Å². The summed E-state index contributed by atoms with van der Waals surface area (Å²) in [6.07, 6.45) is 0. The van der Waals surface area contributed by atoms with Crippen molar-refractivity contribution in [2.45, 2.75) is 0 Å². The zero-order valence-corrected chi connectivity index (χ0v) is 19.5. The van der Waals surface area contributed by atoms with E-state index in [1.807, 2.05) is 0 Å². The standard InChI is InChI=1S/H2O2.3Pb.6H/c1-2;;;;;;;;;/h1-2H;;;;;;;;;. The summed E-state index contributed by atoms with van der Waals surface area (Å²) in [5.74, 6) is 0. The van der Waals surface area contributed by atoms with Gasteiger partial charge in [-0.2, -0.15) is 0 Å². The van der Waals surface area contributed by atoms with Crippen LogP contribution in [0.4, 0.5) is 0 Å². The third kappa shape index (κ3) is 20.3. The SMILES string of the molecule is OO.[PbH2].[PbH2].[PbH2]. The van der Waals surface area contributed by atoms with Gasteiger partial charge in [0.15, 0.2) is 0 Å². The van der Waals surface area contributed by atoms with Crippen LogP contribution in [0.3, 0.4) is 0 Å². The molecule has 0 aliphatic carbocycles. The molecule has 0 amide bonds. The summed E-state index contributed by atoms with van der Waals surface area (Å²) in [4.78, 5) is 0. The van der Waals surface area contributed by atoms with E-state index >= 15 is 0 Å². The summed E-state index contributed by atoms with van der Waals surface area (Å²) >= 11 is 0. The van der Waals surface area contributed by atoms with Gasteiger partial charge in [-0.25, -0.2) is 0 Å². The summed E-state index contributed by atoms with van der Waals surface area (Å²) in [5, 5.41) is 12.0. The monoisotopic (exact) mass is 664 g/mol. The van der Waals surface area contributed by atoms with Crippen molar-refractivity contribution in [1.82, 2.24) is 0 Å². The molecule has 0 heterocycles. The second-order valence-corrected chi connectivity index (χ2v) is 0. The Kier molecular flexibility index (Phi) is 152. The molecule has 5 heavy (non-hydrogen) atoms. The van der Waals surface area contributed by atoms with E-state index < -0.39 is 0 Å². The molecule has 0 fully saturated rings. The van der Waals surface area contributed by atoms with E-state index in [9.17, 15) is 0 Å². The van der Waals surface area contributed by atoms with Gasteiger partial charge in [0.05, 0.1) is 0 Å². The van der Waals surface area contributed by atoms with E-state index in [0.29, 0.717) is 0 Å². The van der Waals surface area contributed by atoms with Crippen LogP contribution in [0.5, 0.6) is 0 Å². The molecule has 32 valence electrons. The van der Waals surface area contributed by atoms with Crippen LogP contribution >= 0.6 is 0 Å². The quantitative estimate of drug-likeness (QED) is 0.168. The van der Waals surface area contributed by atoms with Crippen LogP contribution in [0.25, 0.3) is 0 Å². The van der Waals surface area contributed by atoms with Gasteiger partial charge in [0.25, 0.3) is 0 Å². The van der Waals surface area contributed by atoms with Crippen LogP contribution in [0.1, 0.15) is 0 Å². The molecule has 0 spiro atoms. The minimum atomic E-state index is 0. The molecule has 0 aliphatic rings. The molecule has 0 aliphatic heterocycles. The second-order valence-electron chi connectivity index (χ2n) is 0. The van der Waals surface area contributed by atoms with E-state index in [1.54, 1.807) is 0 Å². The van der Waals surface area contributed by atoms with Crippen molar-refractivity contribution >= 4 is 81.9 Å². The Labute approximate surface area is 90.7 Å². The summed E-state index contributed by atoms with van der Waals surface area (Å²) < 4.78 is 0. The van der Waals surface area contributed by atoms with Gasteiger partial charge in [0, 0.05) is 0 Å². The van der Waals surface area contributed by atoms with Gasteiger partial charge in [-0.1, -0.05) is 0 Å². The number of rotatable bonds is 0. The maximum atomic E-state index is 6.00. The zero-order chi connectivity index (χ0) is 2.00. The Morgan fingerprint density at radius 2 is 0.600 bits per heavy atom. The predicted molar refractivity (Wildman–Crippen MR) is 30.9 cm³/mol. The first-order valence-corrected chi connectivity index (χ1v) is 0.200. The van der Waals surface area contributed by atoms with Crippen LogP contribution in [0, 0.1) is 0 Å². The molecule has 0 aromatic carbocycles. The topological polar surface area (TPSA) is 40.5 Å². The molecule has 0 saturated heterocycles. The van der Waals surface area contributed by atoms with Crippen LogP contribution < -0.4 is 0 Å². The Balaban J connectivity index is -0.00000000167. The van der Waals surface area contributed by atoms with Crippen LogP contribution in [-0.2, 0) is 0 Å². The van der Waals surface area contributed by atoms with Gasteiger partial charge in [0.1, 0.15) is 0 Å². The third-order valence-electron chi connectivity index (χ3n) is 0. The molecule has 5 heteroatoms. The molecule has 0 aromatic heterocycles. The maximum absolute atomic E-state index is 6.00. The van der Waals surface area contributed by atoms with Crippen molar-refractivity contribution in [1.29, 1.82) is 0 Å². The molecular weight excluding hydrogens is 654 g/mol. The first-order chi connectivity index (χ1) is 1.00. The Morgan fingerprint density at radius 3 is 0.600 bits per heavy atom. The van der Waals surface area contributed by atoms with Crippen molar-refractivity contribution in [3.05, 3.63) is 0 Å². The average Bonchev–Trinajstić information content (AvgIpc) is 1.00. The number of hydrogen-bond acceptors (Lipinski definition) is 2. The predicted octanol–water partition coefficient (Wildman–Crippen LogP) is -2.73. The molecule has 0 atom stereocenters. The molecule has 6 radical (unpaired) electrons. The van der Waals surface area contributed by atoms with E-state index in [-0.39, 0.29) is 81.9 Å². The van der Waals surface area contributed by atoms with Crippen LogP contribution in [0.15, 0.2) is 0 Å². The average molecular weight is 662 g/mol. The van der Waals surface area contributed by atoms with Gasteiger partial charge in [-0.15, -0.1) is 0 Å². The Hall–Kier alpha value is 2.69. The third-order valence-corrected chi connectivity index (χ3v) is 0. The molecule has 0 unspecified atom stereocenters. The van der Waals surface area contributed by atoms with E-state index in [2.05, 4.69) is 0 Å². The minimum absolute atomic E-state index is 0. The number of hydrogen-bond donors (Lipinski definition) is 2. The van der Waals surface area contributed by atoms with Gasteiger partial charge < -0.3 is 0 Å². The van der Waals surface area contributed by atoms with Gasteiger partial charge in [0.2, 0.25) is 0 Å². The Bertz CT molecular complexity index is 4.85. The molecule has 0 bridgehead atoms. The molecule has 0 aromatic rings. The van der Waals surface area contributed by atoms with Crippen LogP contribution in [0.2, 0.25) is 0 Å². The zero-order valence-electron chi connectivity index (χ0n) is 3.02. The van der Waals surface area contributed by atoms with Crippen molar-refractivity contribution in [3.63, 3.8) is 0 Å². The first kappa shape index (κ1) is 25.3. The van der Waals surface area contributed by atoms with Crippen molar-refractivity contribution in [2.24, 2.45) is 0 Å². The van der Waals surface area contributed by atoms with Gasteiger partial charge >= 0.3 is 81.9 Å². The fourth-order valence-electron chi connectivity index (χ4n) is 0. The molecule has 2 N–H and O–H groups in total. The fourth-order valence-corrected chi connectivity index (χ4v) is 0. The molecule has 2 nitrogen and oxygen atoms in total. The van der Waals surface area contributed by atoms with E-state index in [1.165, 1.54) is 0 Å². The normalized spacial score (nSPS) is 1.20. The van der Waals surface area contributed by atoms with Crippen LogP contribution in [-0.4, -0.2) is 92.4 Å². The fraction of sp³-hybridized carbons (Fsp3) is 0. The molecular formula is H8O2Pb3. The van der Waals surface area contributed by atoms with E-state index in [4.69, 9.17) is 10.5 Å².